The molecular weight excluding hydrogens is 514 g/mol. The van der Waals surface area contributed by atoms with Crippen LogP contribution in [0.4, 0.5) is 0 Å². The number of benzene rings is 3. The van der Waals surface area contributed by atoms with Gasteiger partial charge in [-0.3, -0.25) is 5.32 Å². The average molecular weight is 548 g/mol. The summed E-state index contributed by atoms with van der Waals surface area (Å²) >= 11 is 0. The Balaban J connectivity index is 1.23. The van der Waals surface area contributed by atoms with Crippen LogP contribution in [0.15, 0.2) is 148 Å². The summed E-state index contributed by atoms with van der Waals surface area (Å²) in [5, 5.41) is 16.3. The summed E-state index contributed by atoms with van der Waals surface area (Å²) in [6.45, 7) is 0.747. The number of rotatable bonds is 5. The zero-order valence-electron chi connectivity index (χ0n) is 23.4. The quantitative estimate of drug-likeness (QED) is 0.341. The van der Waals surface area contributed by atoms with Crippen molar-refractivity contribution in [2.45, 2.75) is 31.2 Å². The molecule has 5 unspecified atom stereocenters. The minimum atomic E-state index is -0.166. The van der Waals surface area contributed by atoms with E-state index in [0.717, 1.165) is 36.3 Å². The molecule has 5 aliphatic rings. The first kappa shape index (κ1) is 25.1. The molecule has 5 nitrogen and oxygen atoms in total. The Labute approximate surface area is 246 Å². The van der Waals surface area contributed by atoms with Gasteiger partial charge in [-0.05, 0) is 52.3 Å². The molecule has 3 aromatic rings. The molecule has 8 rings (SSSR count). The predicted octanol–water partition coefficient (Wildman–Crippen LogP) is 7.93. The summed E-state index contributed by atoms with van der Waals surface area (Å²) in [4.78, 5) is 5.10. The third-order valence-corrected chi connectivity index (χ3v) is 9.00. The van der Waals surface area contributed by atoms with Crippen LogP contribution in [-0.2, 0) is 0 Å². The maximum atomic E-state index is 5.10. The highest BCUT2D eigenvalue weighted by molar-refractivity contribution is 5.99. The first-order valence-corrected chi connectivity index (χ1v) is 15.0. The summed E-state index contributed by atoms with van der Waals surface area (Å²) in [6.07, 6.45) is 18.3. The fraction of sp³-hybridized carbons (Fsp3) is 0.216. The van der Waals surface area contributed by atoms with E-state index in [1.165, 1.54) is 27.8 Å². The van der Waals surface area contributed by atoms with Crippen molar-refractivity contribution in [1.82, 2.24) is 10.6 Å². The minimum Gasteiger partial charge on any atom is -0.350 e. The molecular formula is C37H33N5. The van der Waals surface area contributed by atoms with Crippen molar-refractivity contribution < 1.29 is 0 Å². The second-order valence-electron chi connectivity index (χ2n) is 11.5. The SMILES string of the molecule is C1=CC2C=C(c3cc(C4NC(c5ccccc5)=NC(c5ccccc5)N4)ccc3C3CN=N3)C3=C(CCC=C3)C2C=C1. The van der Waals surface area contributed by atoms with E-state index in [1.807, 2.05) is 6.07 Å². The normalized spacial score (nSPS) is 27.4. The summed E-state index contributed by atoms with van der Waals surface area (Å²) in [7, 11) is 0. The molecule has 0 aromatic heterocycles. The lowest BCUT2D eigenvalue weighted by atomic mass is 9.69. The largest absolute Gasteiger partial charge is 0.350 e. The van der Waals surface area contributed by atoms with Crippen molar-refractivity contribution in [3.05, 3.63) is 160 Å². The van der Waals surface area contributed by atoms with Gasteiger partial charge in [0, 0.05) is 17.4 Å². The highest BCUT2D eigenvalue weighted by Crippen LogP contribution is 2.47. The topological polar surface area (TPSA) is 61.1 Å². The Bertz CT molecular complexity index is 1720. The molecule has 0 bridgehead atoms. The molecule has 0 radical (unpaired) electrons. The van der Waals surface area contributed by atoms with Crippen LogP contribution in [0.1, 0.15) is 59.0 Å². The second kappa shape index (κ2) is 10.7. The molecule has 3 aromatic carbocycles. The van der Waals surface area contributed by atoms with Crippen LogP contribution in [0.5, 0.6) is 0 Å². The lowest BCUT2D eigenvalue weighted by Gasteiger charge is -2.36. The number of hydrogen-bond acceptors (Lipinski definition) is 5. The predicted molar refractivity (Wildman–Crippen MR) is 169 cm³/mol. The first-order valence-electron chi connectivity index (χ1n) is 15.0. The first-order chi connectivity index (χ1) is 20.8. The van der Waals surface area contributed by atoms with Crippen molar-refractivity contribution in [3.63, 3.8) is 0 Å². The van der Waals surface area contributed by atoms with Crippen molar-refractivity contribution in [2.75, 3.05) is 6.54 Å². The molecule has 0 fully saturated rings. The van der Waals surface area contributed by atoms with Crippen LogP contribution in [0.3, 0.4) is 0 Å². The number of fused-ring (bicyclic) bond motifs is 2. The van der Waals surface area contributed by atoms with Gasteiger partial charge in [-0.2, -0.15) is 10.2 Å². The Kier molecular flexibility index (Phi) is 6.38. The molecule has 3 aliphatic carbocycles. The van der Waals surface area contributed by atoms with Crippen LogP contribution in [-0.4, -0.2) is 12.4 Å². The van der Waals surface area contributed by atoms with E-state index in [9.17, 15) is 0 Å². The molecule has 42 heavy (non-hydrogen) atoms. The molecule has 2 heterocycles. The molecule has 2 N–H and O–H groups in total. The van der Waals surface area contributed by atoms with Crippen LogP contribution >= 0.6 is 0 Å². The van der Waals surface area contributed by atoms with E-state index in [2.05, 4.69) is 136 Å². The van der Waals surface area contributed by atoms with Crippen molar-refractivity contribution in [3.8, 4) is 0 Å². The van der Waals surface area contributed by atoms with Gasteiger partial charge >= 0.3 is 0 Å². The Morgan fingerprint density at radius 3 is 2.45 bits per heavy atom. The molecule has 0 amide bonds. The standard InChI is InChI=1S/C37H33N5/c1-3-11-24(12-4-1)35-39-36(25-13-5-2-6-14-25)41-37(40-35)27-19-20-31(34-23-38-42-34)33(22-27)32-21-26-15-7-8-16-28(26)29-17-9-10-18-30(29)32/h1-8,10-16,18-22,26,28,34-35,37,40H,9,17,23H2,(H,39,41). The number of allylic oxidation sites excluding steroid dienone is 10. The van der Waals surface area contributed by atoms with Gasteiger partial charge in [0.15, 0.2) is 0 Å². The number of aliphatic imine (C=N–C) groups is 1. The zero-order valence-corrected chi connectivity index (χ0v) is 23.4. The summed E-state index contributed by atoms with van der Waals surface area (Å²) < 4.78 is 0. The van der Waals surface area contributed by atoms with Crippen LogP contribution in [0.2, 0.25) is 0 Å². The molecule has 5 atom stereocenters. The smallest absolute Gasteiger partial charge is 0.131 e. The monoisotopic (exact) mass is 547 g/mol. The summed E-state index contributed by atoms with van der Waals surface area (Å²) in [6, 6.07) is 27.9. The summed E-state index contributed by atoms with van der Waals surface area (Å²) in [5.41, 5.74) is 10.2. The minimum absolute atomic E-state index is 0.108. The van der Waals surface area contributed by atoms with Gasteiger partial charge in [0.25, 0.3) is 0 Å². The van der Waals surface area contributed by atoms with Gasteiger partial charge in [-0.25, -0.2) is 4.99 Å². The maximum Gasteiger partial charge on any atom is 0.131 e. The Morgan fingerprint density at radius 2 is 1.64 bits per heavy atom. The van der Waals surface area contributed by atoms with Gasteiger partial charge in [0.1, 0.15) is 24.2 Å². The molecule has 5 heteroatoms. The van der Waals surface area contributed by atoms with Crippen LogP contribution < -0.4 is 10.6 Å². The van der Waals surface area contributed by atoms with Crippen molar-refractivity contribution >= 4 is 11.4 Å². The van der Waals surface area contributed by atoms with E-state index < -0.39 is 0 Å². The van der Waals surface area contributed by atoms with Crippen molar-refractivity contribution in [1.29, 1.82) is 0 Å². The average Bonchev–Trinajstić information content (AvgIpc) is 3.04. The lowest BCUT2D eigenvalue weighted by Crippen LogP contribution is -2.45. The number of amidine groups is 1. The fourth-order valence-corrected chi connectivity index (χ4v) is 6.82. The highest BCUT2D eigenvalue weighted by Gasteiger charge is 2.33. The van der Waals surface area contributed by atoms with Crippen LogP contribution in [0.25, 0.3) is 5.57 Å². The van der Waals surface area contributed by atoms with E-state index in [-0.39, 0.29) is 18.4 Å². The second-order valence-corrected chi connectivity index (χ2v) is 11.5. The molecule has 0 saturated heterocycles. The van der Waals surface area contributed by atoms with Gasteiger partial charge in [0.2, 0.25) is 0 Å². The van der Waals surface area contributed by atoms with E-state index >= 15 is 0 Å². The van der Waals surface area contributed by atoms with Gasteiger partial charge in [-0.15, -0.1) is 0 Å². The summed E-state index contributed by atoms with van der Waals surface area (Å²) in [5.74, 6) is 1.72. The Morgan fingerprint density at radius 1 is 0.833 bits per heavy atom. The number of nitrogens with zero attached hydrogens (tertiary/aromatic N) is 3. The van der Waals surface area contributed by atoms with Crippen LogP contribution in [0, 0.1) is 11.8 Å². The molecule has 0 saturated carbocycles. The Hall–Kier alpha value is -4.61. The lowest BCUT2D eigenvalue weighted by molar-refractivity contribution is 0.408. The third kappa shape index (κ3) is 4.50. The molecule has 206 valence electrons. The number of nitrogens with one attached hydrogen (secondary N) is 2. The van der Waals surface area contributed by atoms with Gasteiger partial charge in [-0.1, -0.05) is 121 Å². The van der Waals surface area contributed by atoms with E-state index in [4.69, 9.17) is 4.99 Å². The maximum absolute atomic E-state index is 5.10. The van der Waals surface area contributed by atoms with E-state index in [0.29, 0.717) is 11.8 Å². The third-order valence-electron chi connectivity index (χ3n) is 9.00. The number of azo groups is 1. The van der Waals surface area contributed by atoms with Gasteiger partial charge < -0.3 is 5.32 Å². The molecule has 0 spiro atoms. The molecule has 2 aliphatic heterocycles. The van der Waals surface area contributed by atoms with Crippen molar-refractivity contribution in [2.24, 2.45) is 27.1 Å². The van der Waals surface area contributed by atoms with E-state index in [1.54, 1.807) is 5.57 Å². The van der Waals surface area contributed by atoms with Gasteiger partial charge in [0.05, 0.1) is 6.54 Å². The fourth-order valence-electron chi connectivity index (χ4n) is 6.82. The number of hydrogen-bond donors (Lipinski definition) is 2. The highest BCUT2D eigenvalue weighted by atomic mass is 15.3. The zero-order chi connectivity index (χ0) is 27.9.